The molecular weight excluding hydrogens is 479 g/mol. The van der Waals surface area contributed by atoms with E-state index in [-0.39, 0.29) is 23.4 Å². The van der Waals surface area contributed by atoms with Crippen molar-refractivity contribution in [3.63, 3.8) is 0 Å². The molecule has 1 N–H and O–H groups in total. The van der Waals surface area contributed by atoms with Crippen LogP contribution in [0.4, 0.5) is 18.9 Å². The monoisotopic (exact) mass is 505 g/mol. The Labute approximate surface area is 204 Å². The lowest BCUT2D eigenvalue weighted by Gasteiger charge is -2.36. The zero-order valence-corrected chi connectivity index (χ0v) is 19.9. The highest BCUT2D eigenvalue weighted by molar-refractivity contribution is 5.91. The predicted molar refractivity (Wildman–Crippen MR) is 121 cm³/mol. The molecule has 3 aromatic heterocycles. The predicted octanol–water partition coefficient (Wildman–Crippen LogP) is 2.17. The normalized spacial score (nSPS) is 25.6. The first-order valence-electron chi connectivity index (χ1n) is 11.8. The van der Waals surface area contributed by atoms with Crippen LogP contribution in [0.2, 0.25) is 0 Å². The Kier molecular flexibility index (Phi) is 5.10. The highest BCUT2D eigenvalue weighted by Gasteiger charge is 2.47. The zero-order chi connectivity index (χ0) is 25.3. The van der Waals surface area contributed by atoms with Crippen molar-refractivity contribution in [2.45, 2.75) is 50.0 Å². The van der Waals surface area contributed by atoms with E-state index in [1.807, 2.05) is 19.9 Å². The van der Waals surface area contributed by atoms with Gasteiger partial charge in [-0.05, 0) is 38.0 Å². The molecule has 13 heteroatoms. The Morgan fingerprint density at radius 1 is 1.28 bits per heavy atom. The van der Waals surface area contributed by atoms with E-state index in [4.69, 9.17) is 9.47 Å². The number of halogens is 3. The van der Waals surface area contributed by atoms with Gasteiger partial charge in [0.15, 0.2) is 11.3 Å². The number of hydrogen-bond donors (Lipinski definition) is 1. The summed E-state index contributed by atoms with van der Waals surface area (Å²) in [6.45, 7) is 6.43. The second-order valence-corrected chi connectivity index (χ2v) is 10.3. The lowest BCUT2D eigenvalue weighted by molar-refractivity contribution is -0.184. The summed E-state index contributed by atoms with van der Waals surface area (Å²) in [5, 5.41) is 11.1. The van der Waals surface area contributed by atoms with Gasteiger partial charge in [0.2, 0.25) is 5.82 Å². The van der Waals surface area contributed by atoms with Gasteiger partial charge in [0.05, 0.1) is 43.3 Å². The topological polar surface area (TPSA) is 98.8 Å². The lowest BCUT2D eigenvalue weighted by Crippen LogP contribution is -2.50. The number of fused-ring (bicyclic) bond motifs is 1. The number of carbonyl (C=O) groups is 1. The number of nitrogens with one attached hydrogen (secondary N) is 1. The largest absolute Gasteiger partial charge is 0.435 e. The molecule has 2 atom stereocenters. The first-order valence-corrected chi connectivity index (χ1v) is 11.8. The molecule has 3 aliphatic rings. The molecule has 0 aliphatic carbocycles. The van der Waals surface area contributed by atoms with Gasteiger partial charge in [-0.1, -0.05) is 0 Å². The van der Waals surface area contributed by atoms with E-state index in [0.29, 0.717) is 51.4 Å². The zero-order valence-electron chi connectivity index (χ0n) is 19.9. The minimum atomic E-state index is -4.48. The third kappa shape index (κ3) is 3.90. The Hall–Kier alpha value is -3.19. The van der Waals surface area contributed by atoms with E-state index >= 15 is 0 Å². The second kappa shape index (κ2) is 7.90. The summed E-state index contributed by atoms with van der Waals surface area (Å²) in [4.78, 5) is 19.3. The van der Waals surface area contributed by atoms with Crippen LogP contribution < -0.4 is 10.2 Å². The van der Waals surface area contributed by atoms with Gasteiger partial charge in [-0.15, -0.1) is 5.10 Å². The van der Waals surface area contributed by atoms with Crippen LogP contribution >= 0.6 is 0 Å². The van der Waals surface area contributed by atoms with Crippen LogP contribution in [-0.2, 0) is 21.2 Å². The fourth-order valence-corrected chi connectivity index (χ4v) is 5.25. The van der Waals surface area contributed by atoms with Gasteiger partial charge in [0, 0.05) is 25.7 Å². The summed E-state index contributed by atoms with van der Waals surface area (Å²) in [5.74, 6) is -0.290. The maximum atomic E-state index is 13.0. The molecule has 3 fully saturated rings. The average Bonchev–Trinajstić information content (AvgIpc) is 3.57. The molecule has 192 valence electrons. The Morgan fingerprint density at radius 3 is 2.75 bits per heavy atom. The smallest absolute Gasteiger partial charge is 0.375 e. The van der Waals surface area contributed by atoms with E-state index in [9.17, 15) is 18.0 Å². The summed E-state index contributed by atoms with van der Waals surface area (Å²) < 4.78 is 53.1. The number of aromatic nitrogens is 5. The van der Waals surface area contributed by atoms with Crippen molar-refractivity contribution in [1.82, 2.24) is 29.7 Å². The molecule has 1 spiro atoms. The van der Waals surface area contributed by atoms with Crippen LogP contribution in [0.25, 0.3) is 5.65 Å². The van der Waals surface area contributed by atoms with E-state index < -0.39 is 17.4 Å². The van der Waals surface area contributed by atoms with Crippen molar-refractivity contribution in [1.29, 1.82) is 0 Å². The van der Waals surface area contributed by atoms with Gasteiger partial charge in [0.25, 0.3) is 5.91 Å². The van der Waals surface area contributed by atoms with Crippen molar-refractivity contribution < 1.29 is 27.4 Å². The highest BCUT2D eigenvalue weighted by Crippen LogP contribution is 2.35. The Morgan fingerprint density at radius 2 is 2.08 bits per heavy atom. The molecule has 10 nitrogen and oxygen atoms in total. The first kappa shape index (κ1) is 23.2. The Bertz CT molecular complexity index is 1330. The summed E-state index contributed by atoms with van der Waals surface area (Å²) in [6, 6.07) is 2.84. The number of rotatable bonds is 4. The number of anilines is 1. The number of pyridine rings is 1. The second-order valence-electron chi connectivity index (χ2n) is 10.3. The minimum absolute atomic E-state index is 0.0727. The number of alkyl halides is 3. The fraction of sp³-hybridized carbons (Fsp3) is 0.565. The standard InChI is InChI=1S/C23H26F3N7O3/c1-14-7-16(31-6-4-21(2,11-31)33-5-3-17(29-33)23(24,25)26)9-32-19(14)28-18(30-32)20(34)27-15-8-22(36-10-15)12-35-13-22/h3,5,7,9,15H,4,6,8,10-13H2,1-2H3,(H,27,34)/t15?,21-/m1/s1. The van der Waals surface area contributed by atoms with Crippen molar-refractivity contribution in [2.24, 2.45) is 0 Å². The third-order valence-corrected chi connectivity index (χ3v) is 7.33. The molecule has 3 aromatic rings. The van der Waals surface area contributed by atoms with Crippen molar-refractivity contribution >= 4 is 17.2 Å². The first-order chi connectivity index (χ1) is 17.0. The molecule has 1 unspecified atom stereocenters. The molecule has 1 amide bonds. The summed E-state index contributed by atoms with van der Waals surface area (Å²) in [6.07, 6.45) is 0.0323. The number of hydrogen-bond acceptors (Lipinski definition) is 7. The summed E-state index contributed by atoms with van der Waals surface area (Å²) >= 11 is 0. The number of aryl methyl sites for hydroxylation is 1. The van der Waals surface area contributed by atoms with E-state index in [2.05, 4.69) is 25.4 Å². The maximum absolute atomic E-state index is 13.0. The van der Waals surface area contributed by atoms with Gasteiger partial charge < -0.3 is 19.7 Å². The highest BCUT2D eigenvalue weighted by atomic mass is 19.4. The van der Waals surface area contributed by atoms with Crippen LogP contribution in [0, 0.1) is 6.92 Å². The lowest BCUT2D eigenvalue weighted by atomic mass is 9.96. The van der Waals surface area contributed by atoms with Crippen molar-refractivity contribution in [2.75, 3.05) is 37.8 Å². The van der Waals surface area contributed by atoms with Crippen LogP contribution in [0.1, 0.15) is 41.6 Å². The number of ether oxygens (including phenoxy) is 2. The minimum Gasteiger partial charge on any atom is -0.375 e. The molecule has 6 rings (SSSR count). The van der Waals surface area contributed by atoms with Crippen LogP contribution in [0.15, 0.2) is 24.5 Å². The van der Waals surface area contributed by atoms with Crippen LogP contribution in [-0.4, -0.2) is 74.8 Å². The fourth-order valence-electron chi connectivity index (χ4n) is 5.25. The quantitative estimate of drug-likeness (QED) is 0.580. The molecule has 0 aromatic carbocycles. The molecule has 3 saturated heterocycles. The molecule has 0 saturated carbocycles. The van der Waals surface area contributed by atoms with E-state index in [1.54, 1.807) is 10.7 Å². The van der Waals surface area contributed by atoms with Gasteiger partial charge >= 0.3 is 6.18 Å². The number of nitrogens with zero attached hydrogens (tertiary/aromatic N) is 6. The molecule has 0 radical (unpaired) electrons. The van der Waals surface area contributed by atoms with Crippen LogP contribution in [0.3, 0.4) is 0 Å². The van der Waals surface area contributed by atoms with Gasteiger partial charge in [-0.2, -0.15) is 18.3 Å². The number of carbonyl (C=O) groups excluding carboxylic acids is 1. The summed E-state index contributed by atoms with van der Waals surface area (Å²) in [7, 11) is 0. The molecule has 36 heavy (non-hydrogen) atoms. The molecule has 0 bridgehead atoms. The van der Waals surface area contributed by atoms with Crippen molar-refractivity contribution in [3.05, 3.63) is 41.6 Å². The summed E-state index contributed by atoms with van der Waals surface area (Å²) in [5.41, 5.74) is 0.490. The molecule has 6 heterocycles. The Balaban J connectivity index is 1.19. The molecular formula is C23H26F3N7O3. The average molecular weight is 506 g/mol. The van der Waals surface area contributed by atoms with Gasteiger partial charge in [-0.3, -0.25) is 9.48 Å². The van der Waals surface area contributed by atoms with Crippen molar-refractivity contribution in [3.8, 4) is 0 Å². The van der Waals surface area contributed by atoms with Gasteiger partial charge in [0.1, 0.15) is 5.60 Å². The van der Waals surface area contributed by atoms with Gasteiger partial charge in [-0.25, -0.2) is 9.50 Å². The maximum Gasteiger partial charge on any atom is 0.435 e. The molecule has 3 aliphatic heterocycles. The van der Waals surface area contributed by atoms with E-state index in [0.717, 1.165) is 17.3 Å². The number of amides is 1. The third-order valence-electron chi connectivity index (χ3n) is 7.33. The van der Waals surface area contributed by atoms with Crippen LogP contribution in [0.5, 0.6) is 0 Å². The van der Waals surface area contributed by atoms with E-state index in [1.165, 1.54) is 10.9 Å². The SMILES string of the molecule is Cc1cc(N2CC[C@@](C)(n3ccc(C(F)(F)F)n3)C2)cn2nc(C(=O)NC3COC4(COC4)C3)nc12.